The molecule has 0 saturated carbocycles. The fraction of sp³-hybridized carbons (Fsp3) is 0.494. The number of rotatable bonds is 34. The van der Waals surface area contributed by atoms with E-state index in [4.69, 9.17) is 16.9 Å². The van der Waals surface area contributed by atoms with Crippen molar-refractivity contribution in [1.29, 1.82) is 5.41 Å². The number of primary amides is 1. The molecule has 1 unspecified atom stereocenters. The second-order valence-electron chi connectivity index (χ2n) is 29.2. The highest BCUT2D eigenvalue weighted by Gasteiger charge is 2.55. The molecule has 1 aromatic heterocycles. The fourth-order valence-electron chi connectivity index (χ4n) is 14.2. The number of hydrogen-bond donors (Lipinski definition) is 20. The van der Waals surface area contributed by atoms with E-state index in [1.54, 1.807) is 84.9 Å². The molecule has 0 radical (unpaired) electrons. The molecule has 40 nitrogen and oxygen atoms in total. The summed E-state index contributed by atoms with van der Waals surface area (Å²) in [6.07, 6.45) is -1.53. The van der Waals surface area contributed by atoms with E-state index >= 15 is 14.4 Å². The predicted octanol–water partition coefficient (Wildman–Crippen LogP) is -4.13. The first kappa shape index (κ1) is 93.6. The van der Waals surface area contributed by atoms with E-state index in [0.717, 1.165) is 11.8 Å². The second kappa shape index (κ2) is 45.9. The number of aromatic nitrogens is 2. The molecule has 3 fully saturated rings. The van der Waals surface area contributed by atoms with Crippen molar-refractivity contribution in [1.82, 2.24) is 83.6 Å². The predicted molar refractivity (Wildman–Crippen MR) is 435 cm³/mol. The number of nitrogens with zero attached hydrogens (tertiary/aromatic N) is 3. The lowest BCUT2D eigenvalue weighted by Crippen LogP contribution is -2.68. The zero-order chi connectivity index (χ0) is 87.3. The first-order chi connectivity index (χ1) is 57.3. The lowest BCUT2D eigenvalue weighted by molar-refractivity contribution is -0.152. The summed E-state index contributed by atoms with van der Waals surface area (Å²) in [5, 5.41) is 79.8. The number of amides is 14. The first-order valence-electron chi connectivity index (χ1n) is 38.7. The van der Waals surface area contributed by atoms with Crippen LogP contribution in [0.5, 0.6) is 0 Å². The number of piperidine rings is 1. The Morgan fingerprint density at radius 1 is 0.617 bits per heavy atom. The second-order valence-corrected chi connectivity index (χ2v) is 32.2. The van der Waals surface area contributed by atoms with Crippen LogP contribution in [0.3, 0.4) is 0 Å². The van der Waals surface area contributed by atoms with Crippen LogP contribution < -0.4 is 75.3 Å². The lowest BCUT2D eigenvalue weighted by Gasteiger charge is -2.40. The Morgan fingerprint density at radius 2 is 1.21 bits per heavy atom. The number of carboxylic acid groups (broad SMARTS) is 3. The molecule has 43 heteroatoms. The first-order valence-corrected chi connectivity index (χ1v) is 42.4. The lowest BCUT2D eigenvalue weighted by atomic mass is 9.84. The SMILES string of the molecule is CSCC[C@@H](NC(C)=O)C(=O)N[C@H]1CSCc2cccc(c2)CSC[C@@H](C(=O)N[C@@H](CC(=O)O)C(=O)N[C@@H](Cc2c[nH]cn2)C(=O)N[C@@H](Cc2ccccc2)C(=O)N[C@@H](CCCNC(=N)N)C(=O)N[C@@H](CC(=O)O)C(N)=O)NC(=O)[C@H](Cc2ccccc2)NC(=O)[C@H](CCC(=O)O)NC(=O)[C@H]2NC(=O)[C@@H]3C(CCN3C(=O)[C@@H]3CCCN3C1=O)[C@H]2O. The Labute approximate surface area is 701 Å². The molecule has 5 aliphatic rings. The maximum Gasteiger partial charge on any atom is 0.305 e. The number of guanidine groups is 1. The van der Waals surface area contributed by atoms with Crippen LogP contribution in [0.2, 0.25) is 0 Å². The molecule has 4 aromatic rings. The number of carbonyl (C=O) groups excluding carboxylic acids is 14. The highest BCUT2D eigenvalue weighted by atomic mass is 32.2. The zero-order valence-electron chi connectivity index (χ0n) is 65.7. The largest absolute Gasteiger partial charge is 0.481 e. The maximum atomic E-state index is 15.2. The van der Waals surface area contributed by atoms with Gasteiger partial charge in [-0.3, -0.25) is 86.9 Å². The molecule has 648 valence electrons. The fourth-order valence-corrected chi connectivity index (χ4v) is 16.7. The molecule has 14 amide bonds. The van der Waals surface area contributed by atoms with E-state index < -0.39 is 235 Å². The third kappa shape index (κ3) is 28.2. The number of nitrogens with two attached hydrogens (primary N) is 2. The van der Waals surface area contributed by atoms with E-state index in [-0.39, 0.29) is 87.5 Å². The Bertz CT molecular complexity index is 4370. The van der Waals surface area contributed by atoms with E-state index in [9.17, 15) is 87.5 Å². The minimum absolute atomic E-state index is 0.0110. The van der Waals surface area contributed by atoms with Gasteiger partial charge in [-0.15, -0.1) is 0 Å². The molecule has 5 aliphatic heterocycles. The minimum Gasteiger partial charge on any atom is -0.481 e. The number of thioether (sulfide) groups is 3. The quantitative estimate of drug-likeness (QED) is 0.00914. The number of aliphatic carboxylic acids is 3. The van der Waals surface area contributed by atoms with Crippen LogP contribution in [-0.2, 0) is 112 Å². The van der Waals surface area contributed by atoms with Gasteiger partial charge < -0.3 is 110 Å². The van der Waals surface area contributed by atoms with Crippen LogP contribution in [0.4, 0.5) is 0 Å². The van der Waals surface area contributed by atoms with Gasteiger partial charge in [-0.05, 0) is 79.2 Å². The normalized spacial score (nSPS) is 22.0. The molecule has 0 spiro atoms. The van der Waals surface area contributed by atoms with Crippen molar-refractivity contribution < 1.29 is 102 Å². The third-order valence-corrected chi connectivity index (χ3v) is 23.1. The summed E-state index contributed by atoms with van der Waals surface area (Å²) in [5.41, 5.74) is 13.2. The number of carboxylic acids is 3. The molecule has 120 heavy (non-hydrogen) atoms. The van der Waals surface area contributed by atoms with Crippen LogP contribution in [-0.4, -0.2) is 275 Å². The summed E-state index contributed by atoms with van der Waals surface area (Å²) in [4.78, 5) is 248. The van der Waals surface area contributed by atoms with Crippen molar-refractivity contribution in [3.05, 3.63) is 125 Å². The van der Waals surface area contributed by atoms with Gasteiger partial charge in [-0.1, -0.05) is 84.9 Å². The Kier molecular flexibility index (Phi) is 35.8. The van der Waals surface area contributed by atoms with E-state index in [0.29, 0.717) is 34.4 Å². The number of carbonyl (C=O) groups is 17. The van der Waals surface area contributed by atoms with Crippen LogP contribution >= 0.6 is 35.3 Å². The molecular weight excluding hydrogens is 1620 g/mol. The molecule has 9 rings (SSSR count). The van der Waals surface area contributed by atoms with Gasteiger partial charge in [-0.2, -0.15) is 35.3 Å². The topological polar surface area (TPSA) is 627 Å². The van der Waals surface area contributed by atoms with Gasteiger partial charge in [0, 0.05) is 87.4 Å². The minimum atomic E-state index is -2.11. The van der Waals surface area contributed by atoms with Crippen molar-refractivity contribution in [3.63, 3.8) is 0 Å². The van der Waals surface area contributed by atoms with Crippen LogP contribution in [0.1, 0.15) is 99.1 Å². The molecule has 6 bridgehead atoms. The van der Waals surface area contributed by atoms with Crippen molar-refractivity contribution in [2.24, 2.45) is 17.4 Å². The number of nitrogens with one attached hydrogen (secondary N) is 14. The molecule has 6 heterocycles. The van der Waals surface area contributed by atoms with E-state index in [1.807, 2.05) is 6.26 Å². The van der Waals surface area contributed by atoms with Crippen molar-refractivity contribution in [2.45, 2.75) is 187 Å². The smallest absolute Gasteiger partial charge is 0.305 e. The number of aromatic amines is 1. The zero-order valence-corrected chi connectivity index (χ0v) is 68.1. The number of H-pyrrole nitrogens is 1. The molecule has 15 atom stereocenters. The van der Waals surface area contributed by atoms with E-state index in [1.165, 1.54) is 52.8 Å². The summed E-state index contributed by atoms with van der Waals surface area (Å²) < 4.78 is 0. The number of aliphatic hydroxyl groups is 1. The van der Waals surface area contributed by atoms with Gasteiger partial charge in [0.2, 0.25) is 82.7 Å². The van der Waals surface area contributed by atoms with Crippen LogP contribution in [0, 0.1) is 11.3 Å². The molecule has 22 N–H and O–H groups in total. The summed E-state index contributed by atoms with van der Waals surface area (Å²) in [5.74, 6) is -19.5. The Balaban J connectivity index is 1.13. The van der Waals surface area contributed by atoms with Gasteiger partial charge in [0.1, 0.15) is 78.5 Å². The highest BCUT2D eigenvalue weighted by molar-refractivity contribution is 7.99. The van der Waals surface area contributed by atoms with Gasteiger partial charge in [-0.25, -0.2) is 4.98 Å². The number of fused-ring (bicyclic) bond motifs is 16. The summed E-state index contributed by atoms with van der Waals surface area (Å²) in [6.45, 7) is 1.20. The van der Waals surface area contributed by atoms with Gasteiger partial charge >= 0.3 is 17.9 Å². The maximum absolute atomic E-state index is 15.2. The van der Waals surface area contributed by atoms with Crippen LogP contribution in [0.25, 0.3) is 0 Å². The average molecular weight is 1720 g/mol. The summed E-state index contributed by atoms with van der Waals surface area (Å²) in [6, 6.07) is 2.38. The Hall–Kier alpha value is -11.9. The Morgan fingerprint density at radius 3 is 1.82 bits per heavy atom. The molecule has 3 saturated heterocycles. The number of aliphatic hydroxyl groups excluding tert-OH is 1. The number of hydrogen-bond acceptors (Lipinski definition) is 23. The third-order valence-electron chi connectivity index (χ3n) is 20.2. The summed E-state index contributed by atoms with van der Waals surface area (Å²) in [7, 11) is 0. The van der Waals surface area contributed by atoms with Crippen molar-refractivity contribution in [3.8, 4) is 0 Å². The highest BCUT2D eigenvalue weighted by Crippen LogP contribution is 2.35. The average Bonchev–Trinajstić information content (AvgIpc) is 1.60. The summed E-state index contributed by atoms with van der Waals surface area (Å²) >= 11 is 3.72. The van der Waals surface area contributed by atoms with Gasteiger partial charge in [0.15, 0.2) is 5.96 Å². The number of imidazole rings is 1. The van der Waals surface area contributed by atoms with Crippen molar-refractivity contribution >= 4 is 142 Å². The molecule has 3 aromatic carbocycles. The van der Waals surface area contributed by atoms with E-state index in [2.05, 4.69) is 73.8 Å². The van der Waals surface area contributed by atoms with Gasteiger partial charge in [0.05, 0.1) is 31.0 Å². The van der Waals surface area contributed by atoms with Crippen molar-refractivity contribution in [2.75, 3.05) is 43.1 Å². The number of benzene rings is 3. The monoisotopic (exact) mass is 1720 g/mol. The molecular formula is C77H101N19O21S3. The molecule has 0 aliphatic carbocycles. The standard InChI is InChI=1S/C77H101N19O21S3/c1-40(97)84-49(23-27-118-2)67(108)93-56-38-120-36-44-17-9-16-43(28-44)35-119-37-55(92-69(110)52(30-42-14-7-4-8-15-42)88-66(107)48(20-21-58(98)99)86-73(114)61-63(104)46-22-26-96(62(46)74(115)94-61)76(117)57-19-11-25-95(57)75(56)116)72(113)91-54(33-60(102)103)71(112)90-53(31-45-34-81-39-83-45)70(111)89-51(29-41-12-5-3-6-13-41)68(109)85-47(18-10-24-82-77(79)80)65(106)87-50(64(78)105)32-59(100)101/h3-9,12-17,28,34,39,46-57,61-63,104H,10-11,18-27,29-33,35-38H2,1-2H3,(H2,78,105)(H,81,83)(H,84,97)(H,85,109)(H,86,114)(H,87,106)(H,88,107)(H,89,111)(H,90,112)(H,91,113)(H,92,110)(H,93,108)(H,94,115)(H,98,99)(H,100,101)(H,102,103)(H4,79,80,82)/t46?,47-,48-,49+,50-,51-,52-,53-,54-,55-,56-,57-,61-,62-,63+/m0/s1. The van der Waals surface area contributed by atoms with Gasteiger partial charge in [0.25, 0.3) is 0 Å². The van der Waals surface area contributed by atoms with Crippen LogP contribution in [0.15, 0.2) is 97.5 Å².